The van der Waals surface area contributed by atoms with Crippen LogP contribution in [-0.2, 0) is 33.4 Å². The van der Waals surface area contributed by atoms with Gasteiger partial charge in [0.05, 0.1) is 19.1 Å². The molecule has 284 valence electrons. The Morgan fingerprint density at radius 2 is 1.22 bits per heavy atom. The van der Waals surface area contributed by atoms with E-state index in [1.807, 2.05) is 32.8 Å². The summed E-state index contributed by atoms with van der Waals surface area (Å²) in [7, 11) is 3.91. The highest BCUT2D eigenvalue weighted by Gasteiger charge is 2.33. The van der Waals surface area contributed by atoms with E-state index < -0.39 is 30.0 Å². The van der Waals surface area contributed by atoms with Crippen molar-refractivity contribution in [3.8, 4) is 0 Å². The summed E-state index contributed by atoms with van der Waals surface area (Å²) in [6, 6.07) is -0.458. The highest BCUT2D eigenvalue weighted by Crippen LogP contribution is 2.14. The third-order valence-electron chi connectivity index (χ3n) is 8.25. The molecule has 0 aliphatic carbocycles. The molecular formula is C40H72N2O7. The number of carbonyl (C=O) groups excluding carboxylic acids is 4. The lowest BCUT2D eigenvalue weighted by Crippen LogP contribution is -2.49. The zero-order valence-electron chi connectivity index (χ0n) is 32.2. The molecule has 0 aromatic rings. The van der Waals surface area contributed by atoms with Gasteiger partial charge in [-0.05, 0) is 85.4 Å². The van der Waals surface area contributed by atoms with Crippen molar-refractivity contribution in [1.82, 2.24) is 9.80 Å². The number of amides is 1. The van der Waals surface area contributed by atoms with Gasteiger partial charge in [-0.2, -0.15) is 0 Å². The molecule has 49 heavy (non-hydrogen) atoms. The SMILES string of the molecule is CCCCC/C=C\C/C=C\CCCCCCCC(=O)OCC(C)N(CCCN(C)C)C(=O)C(CC(=O)OCCCCCC)OC(=O)CCC. The summed E-state index contributed by atoms with van der Waals surface area (Å²) >= 11 is 0. The fraction of sp³-hybridized carbons (Fsp3) is 0.800. The fourth-order valence-electron chi connectivity index (χ4n) is 5.27. The van der Waals surface area contributed by atoms with E-state index >= 15 is 0 Å². The van der Waals surface area contributed by atoms with Gasteiger partial charge in [0.1, 0.15) is 6.61 Å². The first kappa shape index (κ1) is 46.3. The molecule has 0 aromatic carbocycles. The maximum atomic E-state index is 13.8. The van der Waals surface area contributed by atoms with Crippen LogP contribution in [-0.4, -0.2) is 86.2 Å². The van der Waals surface area contributed by atoms with Gasteiger partial charge >= 0.3 is 17.9 Å². The average molecular weight is 693 g/mol. The third kappa shape index (κ3) is 27.8. The second-order valence-electron chi connectivity index (χ2n) is 13.4. The molecule has 0 bridgehead atoms. The van der Waals surface area contributed by atoms with E-state index in [0.29, 0.717) is 25.8 Å². The van der Waals surface area contributed by atoms with Crippen LogP contribution >= 0.6 is 0 Å². The van der Waals surface area contributed by atoms with Gasteiger partial charge in [0.2, 0.25) is 0 Å². The normalized spacial score (nSPS) is 12.8. The van der Waals surface area contributed by atoms with Crippen LogP contribution in [0.4, 0.5) is 0 Å². The zero-order valence-corrected chi connectivity index (χ0v) is 32.2. The van der Waals surface area contributed by atoms with E-state index in [2.05, 4.69) is 38.2 Å². The summed E-state index contributed by atoms with van der Waals surface area (Å²) in [6.07, 6.45) is 25.3. The lowest BCUT2D eigenvalue weighted by atomic mass is 10.1. The molecule has 2 unspecified atom stereocenters. The van der Waals surface area contributed by atoms with Gasteiger partial charge in [-0.15, -0.1) is 0 Å². The Labute approximate surface area is 299 Å². The maximum absolute atomic E-state index is 13.8. The van der Waals surface area contributed by atoms with Crippen molar-refractivity contribution in [2.45, 2.75) is 168 Å². The molecule has 0 fully saturated rings. The summed E-state index contributed by atoms with van der Waals surface area (Å²) in [5, 5.41) is 0. The van der Waals surface area contributed by atoms with E-state index in [0.717, 1.165) is 77.2 Å². The van der Waals surface area contributed by atoms with Gasteiger partial charge in [0, 0.05) is 19.4 Å². The number of unbranched alkanes of at least 4 members (excludes halogenated alkanes) is 11. The van der Waals surface area contributed by atoms with Crippen LogP contribution in [0.25, 0.3) is 0 Å². The van der Waals surface area contributed by atoms with Gasteiger partial charge in [0.25, 0.3) is 5.91 Å². The number of esters is 3. The Kier molecular flexibility index (Phi) is 30.7. The lowest BCUT2D eigenvalue weighted by Gasteiger charge is -2.32. The first-order chi connectivity index (χ1) is 23.7. The van der Waals surface area contributed by atoms with E-state index in [-0.39, 0.29) is 32.0 Å². The van der Waals surface area contributed by atoms with Gasteiger partial charge < -0.3 is 24.0 Å². The Hall–Kier alpha value is -2.68. The Balaban J connectivity index is 4.84. The van der Waals surface area contributed by atoms with Gasteiger partial charge in [0.15, 0.2) is 6.10 Å². The van der Waals surface area contributed by atoms with Gasteiger partial charge in [-0.1, -0.05) is 96.4 Å². The summed E-state index contributed by atoms with van der Waals surface area (Å²) in [6.45, 7) is 9.42. The largest absolute Gasteiger partial charge is 0.466 e. The smallest absolute Gasteiger partial charge is 0.310 e. The maximum Gasteiger partial charge on any atom is 0.310 e. The van der Waals surface area contributed by atoms with E-state index in [4.69, 9.17) is 14.2 Å². The highest BCUT2D eigenvalue weighted by molar-refractivity contribution is 5.88. The quantitative estimate of drug-likeness (QED) is 0.0299. The molecule has 0 N–H and O–H groups in total. The first-order valence-corrected chi connectivity index (χ1v) is 19.4. The van der Waals surface area contributed by atoms with E-state index in [1.54, 1.807) is 4.90 Å². The Morgan fingerprint density at radius 3 is 1.88 bits per heavy atom. The topological polar surface area (TPSA) is 102 Å². The second-order valence-corrected chi connectivity index (χ2v) is 13.4. The number of hydrogen-bond acceptors (Lipinski definition) is 8. The van der Waals surface area contributed by atoms with Crippen molar-refractivity contribution in [2.24, 2.45) is 0 Å². The molecule has 0 rings (SSSR count). The van der Waals surface area contributed by atoms with E-state index in [1.165, 1.54) is 25.7 Å². The number of allylic oxidation sites excluding steroid dienone is 4. The zero-order chi connectivity index (χ0) is 36.5. The van der Waals surface area contributed by atoms with Crippen LogP contribution < -0.4 is 0 Å². The van der Waals surface area contributed by atoms with Crippen molar-refractivity contribution >= 4 is 23.8 Å². The van der Waals surface area contributed by atoms with Crippen LogP contribution in [0.5, 0.6) is 0 Å². The molecule has 2 atom stereocenters. The molecule has 0 aliphatic rings. The summed E-state index contributed by atoms with van der Waals surface area (Å²) in [4.78, 5) is 55.1. The van der Waals surface area contributed by atoms with Crippen molar-refractivity contribution < 1.29 is 33.4 Å². The fourth-order valence-corrected chi connectivity index (χ4v) is 5.27. The van der Waals surface area contributed by atoms with Crippen molar-refractivity contribution in [1.29, 1.82) is 0 Å². The number of nitrogens with zero attached hydrogens (tertiary/aromatic N) is 2. The van der Waals surface area contributed by atoms with Gasteiger partial charge in [-0.3, -0.25) is 19.2 Å². The molecule has 9 heteroatoms. The molecule has 0 spiro atoms. The molecule has 0 aliphatic heterocycles. The number of hydrogen-bond donors (Lipinski definition) is 0. The summed E-state index contributed by atoms with van der Waals surface area (Å²) < 4.78 is 16.5. The molecule has 0 saturated carbocycles. The van der Waals surface area contributed by atoms with Crippen LogP contribution in [0.2, 0.25) is 0 Å². The summed E-state index contributed by atoms with van der Waals surface area (Å²) in [5.41, 5.74) is 0. The Bertz CT molecular complexity index is 918. The predicted molar refractivity (Wildman–Crippen MR) is 199 cm³/mol. The minimum atomic E-state index is -1.28. The molecular weight excluding hydrogens is 620 g/mol. The van der Waals surface area contributed by atoms with Crippen molar-refractivity contribution in [2.75, 3.05) is 40.4 Å². The molecule has 0 heterocycles. The summed E-state index contributed by atoms with van der Waals surface area (Å²) in [5.74, 6) is -1.84. The van der Waals surface area contributed by atoms with Crippen LogP contribution in [0.1, 0.15) is 156 Å². The Morgan fingerprint density at radius 1 is 0.612 bits per heavy atom. The molecule has 0 saturated heterocycles. The van der Waals surface area contributed by atoms with Gasteiger partial charge in [-0.25, -0.2) is 0 Å². The number of rotatable bonds is 32. The average Bonchev–Trinajstić information content (AvgIpc) is 3.06. The van der Waals surface area contributed by atoms with Crippen LogP contribution in [0.3, 0.4) is 0 Å². The number of ether oxygens (including phenoxy) is 3. The predicted octanol–water partition coefficient (Wildman–Crippen LogP) is 8.74. The molecule has 0 radical (unpaired) electrons. The minimum absolute atomic E-state index is 0.0320. The molecule has 9 nitrogen and oxygen atoms in total. The number of carbonyl (C=O) groups is 4. The molecule has 0 aromatic heterocycles. The minimum Gasteiger partial charge on any atom is -0.466 e. The van der Waals surface area contributed by atoms with Crippen molar-refractivity contribution in [3.05, 3.63) is 24.3 Å². The standard InChI is InChI=1S/C40H72N2O7/c1-7-10-12-14-15-16-17-18-19-20-21-22-23-24-25-29-37(43)48-34-35(4)42(31-27-30-41(5)6)40(46)36(49-38(44)28-9-3)33-39(45)47-32-26-13-11-8-2/h15-16,18-19,35-36H,7-14,17,20-34H2,1-6H3/b16-15-,19-18-. The monoisotopic (exact) mass is 693 g/mol. The first-order valence-electron chi connectivity index (χ1n) is 19.4. The highest BCUT2D eigenvalue weighted by atomic mass is 16.6. The van der Waals surface area contributed by atoms with Crippen LogP contribution in [0.15, 0.2) is 24.3 Å². The van der Waals surface area contributed by atoms with E-state index in [9.17, 15) is 19.2 Å². The lowest BCUT2D eigenvalue weighted by molar-refractivity contribution is -0.167. The third-order valence-corrected chi connectivity index (χ3v) is 8.25. The second kappa shape index (κ2) is 32.5. The van der Waals surface area contributed by atoms with Crippen molar-refractivity contribution in [3.63, 3.8) is 0 Å². The van der Waals surface area contributed by atoms with Crippen LogP contribution in [0, 0.1) is 0 Å². The molecule has 1 amide bonds.